The van der Waals surface area contributed by atoms with Crippen LogP contribution in [0.25, 0.3) is 0 Å². The van der Waals surface area contributed by atoms with Gasteiger partial charge in [-0.05, 0) is 38.0 Å². The van der Waals surface area contributed by atoms with E-state index in [2.05, 4.69) is 5.32 Å². The Hall–Kier alpha value is -1.06. The normalized spacial score (nSPS) is 11.3. The van der Waals surface area contributed by atoms with Crippen LogP contribution in [0.3, 0.4) is 0 Å². The van der Waals surface area contributed by atoms with E-state index in [1.807, 2.05) is 26.0 Å². The van der Waals surface area contributed by atoms with Crippen LogP contribution in [0.2, 0.25) is 5.02 Å². The number of benzene rings is 1. The van der Waals surface area contributed by atoms with Crippen molar-refractivity contribution in [3.8, 4) is 0 Å². The summed E-state index contributed by atoms with van der Waals surface area (Å²) < 4.78 is 4.94. The molecule has 0 aromatic heterocycles. The molecule has 0 bridgehead atoms. The zero-order chi connectivity index (χ0) is 13.6. The Labute approximate surface area is 113 Å². The molecule has 3 nitrogen and oxygen atoms in total. The molecule has 0 atom stereocenters. The highest BCUT2D eigenvalue weighted by Crippen LogP contribution is 2.24. The number of nitrogens with one attached hydrogen (secondary N) is 1. The molecular formula is C14H20ClNO2. The molecule has 0 heterocycles. The zero-order valence-electron chi connectivity index (χ0n) is 11.1. The Balaban J connectivity index is 2.61. The summed E-state index contributed by atoms with van der Waals surface area (Å²) in [7, 11) is 1.65. The van der Waals surface area contributed by atoms with Crippen molar-refractivity contribution >= 4 is 17.5 Å². The Bertz CT molecular complexity index is 387. The second-order valence-electron chi connectivity index (χ2n) is 4.73. The van der Waals surface area contributed by atoms with Gasteiger partial charge in [0, 0.05) is 25.3 Å². The molecule has 18 heavy (non-hydrogen) atoms. The second kappa shape index (κ2) is 6.76. The van der Waals surface area contributed by atoms with E-state index in [-0.39, 0.29) is 5.91 Å². The number of methoxy groups -OCH3 is 1. The number of ether oxygens (including phenoxy) is 1. The van der Waals surface area contributed by atoms with E-state index in [0.29, 0.717) is 18.2 Å². The van der Waals surface area contributed by atoms with Crippen molar-refractivity contribution < 1.29 is 9.53 Å². The molecule has 1 N–H and O–H groups in total. The Morgan fingerprint density at radius 1 is 1.33 bits per heavy atom. The van der Waals surface area contributed by atoms with Crippen molar-refractivity contribution in [2.24, 2.45) is 0 Å². The molecule has 1 rings (SSSR count). The molecule has 0 saturated carbocycles. The van der Waals surface area contributed by atoms with Crippen LogP contribution in [-0.4, -0.2) is 26.2 Å². The predicted molar refractivity (Wildman–Crippen MR) is 74.0 cm³/mol. The number of halogens is 1. The molecule has 1 aromatic rings. The Kier molecular flexibility index (Phi) is 5.63. The first kappa shape index (κ1) is 15.0. The molecule has 1 aromatic carbocycles. The molecule has 0 aliphatic carbocycles. The third kappa shape index (κ3) is 4.00. The van der Waals surface area contributed by atoms with Crippen molar-refractivity contribution in [3.05, 3.63) is 34.9 Å². The third-order valence-corrected chi connectivity index (χ3v) is 3.20. The number of hydrogen-bond acceptors (Lipinski definition) is 2. The van der Waals surface area contributed by atoms with Gasteiger partial charge in [-0.3, -0.25) is 4.79 Å². The van der Waals surface area contributed by atoms with Crippen LogP contribution in [-0.2, 0) is 14.9 Å². The van der Waals surface area contributed by atoms with E-state index in [9.17, 15) is 4.79 Å². The first-order valence-corrected chi connectivity index (χ1v) is 6.39. The number of rotatable bonds is 6. The fraction of sp³-hybridized carbons (Fsp3) is 0.500. The number of carbonyl (C=O) groups is 1. The summed E-state index contributed by atoms with van der Waals surface area (Å²) >= 11 is 5.85. The summed E-state index contributed by atoms with van der Waals surface area (Å²) in [6.07, 6.45) is 0.818. The molecule has 0 fully saturated rings. The van der Waals surface area contributed by atoms with Crippen LogP contribution in [0.15, 0.2) is 24.3 Å². The minimum Gasteiger partial charge on any atom is -0.385 e. The van der Waals surface area contributed by atoms with Crippen LogP contribution in [0.1, 0.15) is 25.8 Å². The van der Waals surface area contributed by atoms with Crippen molar-refractivity contribution in [1.29, 1.82) is 0 Å². The molecule has 4 heteroatoms. The summed E-state index contributed by atoms with van der Waals surface area (Å²) in [6, 6.07) is 7.38. The van der Waals surface area contributed by atoms with E-state index in [0.717, 1.165) is 12.0 Å². The van der Waals surface area contributed by atoms with E-state index in [1.165, 1.54) is 0 Å². The molecule has 0 saturated heterocycles. The zero-order valence-corrected chi connectivity index (χ0v) is 11.9. The first-order valence-electron chi connectivity index (χ1n) is 6.01. The topological polar surface area (TPSA) is 38.3 Å². The van der Waals surface area contributed by atoms with Crippen molar-refractivity contribution in [2.75, 3.05) is 20.3 Å². The lowest BCUT2D eigenvalue weighted by atomic mass is 9.84. The summed E-state index contributed by atoms with van der Waals surface area (Å²) in [4.78, 5) is 12.1. The van der Waals surface area contributed by atoms with Crippen LogP contribution in [0, 0.1) is 0 Å². The van der Waals surface area contributed by atoms with Crippen LogP contribution >= 0.6 is 11.6 Å². The molecule has 0 spiro atoms. The number of hydrogen-bond donors (Lipinski definition) is 1. The monoisotopic (exact) mass is 269 g/mol. The lowest BCUT2D eigenvalue weighted by Crippen LogP contribution is -2.40. The van der Waals surface area contributed by atoms with Gasteiger partial charge in [-0.2, -0.15) is 0 Å². The van der Waals surface area contributed by atoms with Gasteiger partial charge in [0.05, 0.1) is 5.41 Å². The molecule has 0 radical (unpaired) electrons. The summed E-state index contributed by atoms with van der Waals surface area (Å²) in [5.74, 6) is 0.0147. The quantitative estimate of drug-likeness (QED) is 0.807. The van der Waals surface area contributed by atoms with Gasteiger partial charge in [0.25, 0.3) is 0 Å². The van der Waals surface area contributed by atoms with Crippen LogP contribution in [0.4, 0.5) is 0 Å². The minimum absolute atomic E-state index is 0.0147. The number of amides is 1. The fourth-order valence-electron chi connectivity index (χ4n) is 1.64. The first-order chi connectivity index (χ1) is 8.48. The smallest absolute Gasteiger partial charge is 0.230 e. The van der Waals surface area contributed by atoms with Gasteiger partial charge in [0.15, 0.2) is 0 Å². The van der Waals surface area contributed by atoms with E-state index in [4.69, 9.17) is 16.3 Å². The van der Waals surface area contributed by atoms with E-state index < -0.39 is 5.41 Å². The second-order valence-corrected chi connectivity index (χ2v) is 5.17. The van der Waals surface area contributed by atoms with Gasteiger partial charge in [0.2, 0.25) is 5.91 Å². The van der Waals surface area contributed by atoms with Crippen LogP contribution < -0.4 is 5.32 Å². The molecule has 0 aliphatic heterocycles. The van der Waals surface area contributed by atoms with Gasteiger partial charge in [-0.25, -0.2) is 0 Å². The third-order valence-electron chi connectivity index (χ3n) is 2.94. The van der Waals surface area contributed by atoms with Crippen molar-refractivity contribution in [3.63, 3.8) is 0 Å². The lowest BCUT2D eigenvalue weighted by Gasteiger charge is -2.24. The van der Waals surface area contributed by atoms with Gasteiger partial charge in [-0.1, -0.05) is 23.7 Å². The van der Waals surface area contributed by atoms with E-state index >= 15 is 0 Å². The van der Waals surface area contributed by atoms with Crippen LogP contribution in [0.5, 0.6) is 0 Å². The Morgan fingerprint density at radius 3 is 2.50 bits per heavy atom. The maximum Gasteiger partial charge on any atom is 0.230 e. The maximum atomic E-state index is 12.1. The standard InChI is InChI=1S/C14H20ClNO2/c1-14(2,11-5-7-12(15)8-6-11)13(17)16-9-4-10-18-3/h5-8H,4,9-10H2,1-3H3,(H,16,17). The fourth-order valence-corrected chi connectivity index (χ4v) is 1.76. The van der Waals surface area contributed by atoms with Crippen molar-refractivity contribution in [1.82, 2.24) is 5.32 Å². The molecule has 0 unspecified atom stereocenters. The molecular weight excluding hydrogens is 250 g/mol. The molecule has 0 aliphatic rings. The predicted octanol–water partition coefficient (Wildman–Crippen LogP) is 2.77. The molecule has 100 valence electrons. The largest absolute Gasteiger partial charge is 0.385 e. The summed E-state index contributed by atoms with van der Waals surface area (Å²) in [5.41, 5.74) is 0.397. The highest BCUT2D eigenvalue weighted by atomic mass is 35.5. The highest BCUT2D eigenvalue weighted by molar-refractivity contribution is 6.30. The maximum absolute atomic E-state index is 12.1. The van der Waals surface area contributed by atoms with Gasteiger partial charge in [0.1, 0.15) is 0 Å². The molecule has 1 amide bonds. The summed E-state index contributed by atoms with van der Waals surface area (Å²) in [6.45, 7) is 5.09. The lowest BCUT2D eigenvalue weighted by molar-refractivity contribution is -0.125. The van der Waals surface area contributed by atoms with Crippen molar-refractivity contribution in [2.45, 2.75) is 25.7 Å². The van der Waals surface area contributed by atoms with Gasteiger partial charge < -0.3 is 10.1 Å². The minimum atomic E-state index is -0.558. The summed E-state index contributed by atoms with van der Waals surface area (Å²) in [5, 5.41) is 3.59. The van der Waals surface area contributed by atoms with Gasteiger partial charge in [-0.15, -0.1) is 0 Å². The number of carbonyl (C=O) groups excluding carboxylic acids is 1. The SMILES string of the molecule is COCCCNC(=O)C(C)(C)c1ccc(Cl)cc1. The Morgan fingerprint density at radius 2 is 1.94 bits per heavy atom. The van der Waals surface area contributed by atoms with E-state index in [1.54, 1.807) is 19.2 Å². The van der Waals surface area contributed by atoms with Gasteiger partial charge >= 0.3 is 0 Å². The highest BCUT2D eigenvalue weighted by Gasteiger charge is 2.29. The average Bonchev–Trinajstić information content (AvgIpc) is 2.35. The average molecular weight is 270 g/mol.